The second-order valence-corrected chi connectivity index (χ2v) is 9.78. The minimum atomic E-state index is -0.369. The van der Waals surface area contributed by atoms with Gasteiger partial charge in [0.1, 0.15) is 0 Å². The van der Waals surface area contributed by atoms with Crippen LogP contribution in [-0.2, 0) is 5.41 Å². The van der Waals surface area contributed by atoms with Crippen LogP contribution in [0.4, 0.5) is 0 Å². The first-order chi connectivity index (χ1) is 13.7. The maximum absolute atomic E-state index is 3.71. The van der Waals surface area contributed by atoms with Crippen LogP contribution in [0, 0.1) is 0 Å². The third kappa shape index (κ3) is 2.80. The van der Waals surface area contributed by atoms with Crippen LogP contribution in [0.15, 0.2) is 116 Å². The summed E-state index contributed by atoms with van der Waals surface area (Å²) in [6.07, 6.45) is 0. The molecular weight excluding hydrogens is 492 g/mol. The van der Waals surface area contributed by atoms with E-state index in [1.165, 1.54) is 32.0 Å². The second-order valence-electron chi connectivity index (χ2n) is 6.87. The van der Waals surface area contributed by atoms with Crippen molar-refractivity contribution < 1.29 is 0 Å². The zero-order valence-electron chi connectivity index (χ0n) is 14.9. The van der Waals surface area contributed by atoms with E-state index in [0.29, 0.717) is 0 Å². The summed E-state index contributed by atoms with van der Waals surface area (Å²) in [5, 5.41) is 0. The highest BCUT2D eigenvalue weighted by atomic mass is 79.9. The molecule has 0 atom stereocenters. The summed E-state index contributed by atoms with van der Waals surface area (Å²) in [5.41, 5.74) is 4.82. The topological polar surface area (TPSA) is 0 Å². The van der Waals surface area contributed by atoms with Crippen molar-refractivity contribution in [3.05, 3.63) is 128 Å². The van der Waals surface area contributed by atoms with Crippen LogP contribution in [0.5, 0.6) is 0 Å². The van der Waals surface area contributed by atoms with Gasteiger partial charge in [-0.3, -0.25) is 0 Å². The minimum absolute atomic E-state index is 0.369. The van der Waals surface area contributed by atoms with Gasteiger partial charge < -0.3 is 0 Å². The summed E-state index contributed by atoms with van der Waals surface area (Å²) < 4.78 is 2.18. The molecule has 1 aliphatic rings. The fourth-order valence-electron chi connectivity index (χ4n) is 4.23. The molecule has 28 heavy (non-hydrogen) atoms. The zero-order chi connectivity index (χ0) is 19.1. The van der Waals surface area contributed by atoms with Gasteiger partial charge in [-0.1, -0.05) is 104 Å². The summed E-state index contributed by atoms with van der Waals surface area (Å²) in [4.78, 5) is 2.61. The first-order valence-corrected chi connectivity index (χ1v) is 11.5. The van der Waals surface area contributed by atoms with Crippen LogP contribution in [-0.4, -0.2) is 0 Å². The molecule has 4 aromatic rings. The summed E-state index contributed by atoms with van der Waals surface area (Å²) in [6.45, 7) is 0. The summed E-state index contributed by atoms with van der Waals surface area (Å²) in [7, 11) is 0. The van der Waals surface area contributed by atoms with E-state index in [4.69, 9.17) is 0 Å². The molecule has 1 heterocycles. The first kappa shape index (κ1) is 18.2. The van der Waals surface area contributed by atoms with Crippen LogP contribution in [0.3, 0.4) is 0 Å². The molecule has 0 amide bonds. The summed E-state index contributed by atoms with van der Waals surface area (Å²) in [6, 6.07) is 35.0. The molecule has 5 rings (SSSR count). The molecular formula is C25H16Br2S. The molecule has 0 saturated heterocycles. The number of halogens is 2. The Morgan fingerprint density at radius 1 is 0.536 bits per heavy atom. The van der Waals surface area contributed by atoms with Crippen molar-refractivity contribution in [3.63, 3.8) is 0 Å². The highest BCUT2D eigenvalue weighted by Gasteiger charge is 2.44. The Kier molecular flexibility index (Phi) is 4.70. The Morgan fingerprint density at radius 3 is 1.46 bits per heavy atom. The average molecular weight is 508 g/mol. The fourth-order valence-corrected chi connectivity index (χ4v) is 6.22. The molecule has 0 fully saturated rings. The zero-order valence-corrected chi connectivity index (χ0v) is 18.9. The Bertz CT molecular complexity index is 1090. The predicted octanol–water partition coefficient (Wildman–Crippen LogP) is 8.06. The maximum atomic E-state index is 3.71. The van der Waals surface area contributed by atoms with E-state index < -0.39 is 0 Å². The average Bonchev–Trinajstić information content (AvgIpc) is 2.72. The second kappa shape index (κ2) is 7.22. The highest BCUT2D eigenvalue weighted by Crippen LogP contribution is 2.55. The van der Waals surface area contributed by atoms with Gasteiger partial charge in [0, 0.05) is 18.7 Å². The predicted molar refractivity (Wildman–Crippen MR) is 124 cm³/mol. The number of hydrogen-bond donors (Lipinski definition) is 0. The standard InChI is InChI=1S/C25H16Br2S/c26-19-9-5-7-17(15-19)25(18-8-6-10-20(27)16-18)21-11-1-3-13-23(21)28-24-14-4-2-12-22(24)25/h1-16H. The highest BCUT2D eigenvalue weighted by molar-refractivity contribution is 9.10. The van der Waals surface area contributed by atoms with Crippen molar-refractivity contribution >= 4 is 43.6 Å². The van der Waals surface area contributed by atoms with Crippen LogP contribution in [0.1, 0.15) is 22.3 Å². The van der Waals surface area contributed by atoms with E-state index in [1.807, 2.05) is 11.8 Å². The Morgan fingerprint density at radius 2 is 1.00 bits per heavy atom. The van der Waals surface area contributed by atoms with Crippen LogP contribution >= 0.6 is 43.6 Å². The monoisotopic (exact) mass is 506 g/mol. The van der Waals surface area contributed by atoms with Crippen molar-refractivity contribution in [2.24, 2.45) is 0 Å². The van der Waals surface area contributed by atoms with Gasteiger partial charge in [0.2, 0.25) is 0 Å². The normalized spacial score (nSPS) is 14.2. The van der Waals surface area contributed by atoms with E-state index in [0.717, 1.165) is 8.95 Å². The molecule has 0 spiro atoms. The lowest BCUT2D eigenvalue weighted by molar-refractivity contribution is 0.701. The van der Waals surface area contributed by atoms with Gasteiger partial charge in [0.25, 0.3) is 0 Å². The molecule has 1 aliphatic heterocycles. The maximum Gasteiger partial charge on any atom is 0.0724 e. The molecule has 0 radical (unpaired) electrons. The van der Waals surface area contributed by atoms with Gasteiger partial charge in [-0.15, -0.1) is 0 Å². The van der Waals surface area contributed by atoms with Crippen LogP contribution in [0.25, 0.3) is 0 Å². The van der Waals surface area contributed by atoms with Crippen LogP contribution in [0.2, 0.25) is 0 Å². The largest absolute Gasteiger partial charge is 0.0894 e. The molecule has 136 valence electrons. The lowest BCUT2D eigenvalue weighted by Gasteiger charge is -2.42. The van der Waals surface area contributed by atoms with Gasteiger partial charge >= 0.3 is 0 Å². The van der Waals surface area contributed by atoms with E-state index >= 15 is 0 Å². The van der Waals surface area contributed by atoms with E-state index in [2.05, 4.69) is 129 Å². The van der Waals surface area contributed by atoms with Crippen molar-refractivity contribution in [3.8, 4) is 0 Å². The van der Waals surface area contributed by atoms with Gasteiger partial charge in [-0.25, -0.2) is 0 Å². The minimum Gasteiger partial charge on any atom is -0.0894 e. The number of benzene rings is 4. The number of rotatable bonds is 2. The molecule has 0 saturated carbocycles. The summed E-state index contributed by atoms with van der Waals surface area (Å²) >= 11 is 9.27. The van der Waals surface area contributed by atoms with Crippen molar-refractivity contribution in [1.82, 2.24) is 0 Å². The van der Waals surface area contributed by atoms with E-state index in [-0.39, 0.29) is 5.41 Å². The van der Waals surface area contributed by atoms with E-state index in [9.17, 15) is 0 Å². The molecule has 3 heteroatoms. The number of fused-ring (bicyclic) bond motifs is 2. The summed E-state index contributed by atoms with van der Waals surface area (Å²) in [5.74, 6) is 0. The molecule has 0 bridgehead atoms. The van der Waals surface area contributed by atoms with Crippen molar-refractivity contribution in [2.45, 2.75) is 15.2 Å². The van der Waals surface area contributed by atoms with Gasteiger partial charge in [-0.05, 0) is 58.7 Å². The Hall–Kier alpha value is -1.81. The molecule has 4 aromatic carbocycles. The fraction of sp³-hybridized carbons (Fsp3) is 0.0400. The van der Waals surface area contributed by atoms with Gasteiger partial charge in [-0.2, -0.15) is 0 Å². The van der Waals surface area contributed by atoms with E-state index in [1.54, 1.807) is 0 Å². The SMILES string of the molecule is Brc1cccc(C2(c3cccc(Br)c3)c3ccccc3Sc3ccccc32)c1. The Labute approximate surface area is 186 Å². The smallest absolute Gasteiger partial charge is 0.0724 e. The molecule has 0 aliphatic carbocycles. The lowest BCUT2D eigenvalue weighted by atomic mass is 9.65. The van der Waals surface area contributed by atoms with Crippen molar-refractivity contribution in [1.29, 1.82) is 0 Å². The lowest BCUT2D eigenvalue weighted by Crippen LogP contribution is -2.34. The number of hydrogen-bond acceptors (Lipinski definition) is 1. The molecule has 0 unspecified atom stereocenters. The first-order valence-electron chi connectivity index (χ1n) is 9.08. The Balaban J connectivity index is 1.98. The third-order valence-electron chi connectivity index (χ3n) is 5.32. The quantitative estimate of drug-likeness (QED) is 0.233. The molecule has 0 nitrogen and oxygen atoms in total. The molecule has 0 aromatic heterocycles. The van der Waals surface area contributed by atoms with Gasteiger partial charge in [0.15, 0.2) is 0 Å². The van der Waals surface area contributed by atoms with Crippen LogP contribution < -0.4 is 0 Å². The van der Waals surface area contributed by atoms with Crippen molar-refractivity contribution in [2.75, 3.05) is 0 Å². The third-order valence-corrected chi connectivity index (χ3v) is 7.46. The molecule has 0 N–H and O–H groups in total. The van der Waals surface area contributed by atoms with Gasteiger partial charge in [0.05, 0.1) is 5.41 Å².